The number of hydrazine groups is 1. The van der Waals surface area contributed by atoms with Gasteiger partial charge >= 0.3 is 0 Å². The van der Waals surface area contributed by atoms with E-state index in [-0.39, 0.29) is 12.5 Å². The molecule has 1 aromatic carbocycles. The SMILES string of the molecule is Cc1ccc(Cl)c(OCC(C)(C)C(=O)NN)c1. The maximum absolute atomic E-state index is 11.5. The average molecular weight is 257 g/mol. The highest BCUT2D eigenvalue weighted by atomic mass is 35.5. The van der Waals surface area contributed by atoms with Crippen LogP contribution in [0.1, 0.15) is 19.4 Å². The zero-order valence-corrected chi connectivity index (χ0v) is 11.0. The van der Waals surface area contributed by atoms with Gasteiger partial charge in [-0.2, -0.15) is 0 Å². The molecular weight excluding hydrogens is 240 g/mol. The zero-order chi connectivity index (χ0) is 13.1. The van der Waals surface area contributed by atoms with E-state index in [1.54, 1.807) is 19.9 Å². The molecule has 0 atom stereocenters. The van der Waals surface area contributed by atoms with E-state index in [0.29, 0.717) is 10.8 Å². The van der Waals surface area contributed by atoms with Gasteiger partial charge in [-0.15, -0.1) is 0 Å². The molecule has 0 unspecified atom stereocenters. The highest BCUT2D eigenvalue weighted by molar-refractivity contribution is 6.32. The molecule has 0 bridgehead atoms. The van der Waals surface area contributed by atoms with Gasteiger partial charge in [-0.05, 0) is 38.5 Å². The molecule has 0 aliphatic heterocycles. The van der Waals surface area contributed by atoms with Crippen molar-refractivity contribution >= 4 is 17.5 Å². The zero-order valence-electron chi connectivity index (χ0n) is 10.2. The number of hydrogen-bond acceptors (Lipinski definition) is 3. The second-order valence-electron chi connectivity index (χ2n) is 4.58. The largest absolute Gasteiger partial charge is 0.491 e. The molecule has 0 heterocycles. The fraction of sp³-hybridized carbons (Fsp3) is 0.417. The quantitative estimate of drug-likeness (QED) is 0.492. The molecular formula is C12H17ClN2O2. The Bertz CT molecular complexity index is 419. The molecule has 17 heavy (non-hydrogen) atoms. The van der Waals surface area contributed by atoms with Crippen LogP contribution in [-0.4, -0.2) is 12.5 Å². The van der Waals surface area contributed by atoms with Crippen LogP contribution in [0, 0.1) is 12.3 Å². The number of rotatable bonds is 4. The summed E-state index contributed by atoms with van der Waals surface area (Å²) in [6.45, 7) is 5.65. The first kappa shape index (κ1) is 13.8. The predicted molar refractivity (Wildman–Crippen MR) is 67.8 cm³/mol. The Morgan fingerprint density at radius 2 is 2.18 bits per heavy atom. The number of carbonyl (C=O) groups is 1. The molecule has 3 N–H and O–H groups in total. The van der Waals surface area contributed by atoms with Gasteiger partial charge in [-0.3, -0.25) is 10.2 Å². The minimum atomic E-state index is -0.707. The van der Waals surface area contributed by atoms with Gasteiger partial charge in [-0.25, -0.2) is 5.84 Å². The minimum absolute atomic E-state index is 0.208. The van der Waals surface area contributed by atoms with E-state index in [1.807, 2.05) is 19.1 Å². The topological polar surface area (TPSA) is 64.3 Å². The van der Waals surface area contributed by atoms with Crippen LogP contribution >= 0.6 is 11.6 Å². The average Bonchev–Trinajstić information content (AvgIpc) is 2.29. The van der Waals surface area contributed by atoms with Crippen LogP contribution in [0.4, 0.5) is 0 Å². The fourth-order valence-corrected chi connectivity index (χ4v) is 1.41. The van der Waals surface area contributed by atoms with Crippen molar-refractivity contribution in [1.82, 2.24) is 5.43 Å². The molecule has 4 nitrogen and oxygen atoms in total. The van der Waals surface area contributed by atoms with Crippen molar-refractivity contribution in [3.8, 4) is 5.75 Å². The lowest BCUT2D eigenvalue weighted by Gasteiger charge is -2.22. The molecule has 1 amide bonds. The second kappa shape index (κ2) is 5.38. The molecule has 0 spiro atoms. The van der Waals surface area contributed by atoms with Gasteiger partial charge in [0.1, 0.15) is 12.4 Å². The summed E-state index contributed by atoms with van der Waals surface area (Å²) in [6, 6.07) is 5.49. The Balaban J connectivity index is 2.73. The predicted octanol–water partition coefficient (Wildman–Crippen LogP) is 2.04. The summed E-state index contributed by atoms with van der Waals surface area (Å²) in [6.07, 6.45) is 0. The Morgan fingerprint density at radius 1 is 1.53 bits per heavy atom. The number of amides is 1. The van der Waals surface area contributed by atoms with Crippen LogP contribution in [0.25, 0.3) is 0 Å². The third-order valence-electron chi connectivity index (χ3n) is 2.42. The third kappa shape index (κ3) is 3.61. The molecule has 0 aromatic heterocycles. The summed E-state index contributed by atoms with van der Waals surface area (Å²) in [5.41, 5.74) is 2.46. The van der Waals surface area contributed by atoms with E-state index in [4.69, 9.17) is 22.2 Å². The van der Waals surface area contributed by atoms with Crippen molar-refractivity contribution in [3.05, 3.63) is 28.8 Å². The molecule has 5 heteroatoms. The molecule has 1 aromatic rings. The van der Waals surface area contributed by atoms with Gasteiger partial charge < -0.3 is 4.74 Å². The number of halogens is 1. The molecule has 0 radical (unpaired) electrons. The molecule has 0 aliphatic rings. The van der Waals surface area contributed by atoms with Gasteiger partial charge in [0.25, 0.3) is 0 Å². The normalized spacial score (nSPS) is 11.1. The minimum Gasteiger partial charge on any atom is -0.491 e. The summed E-state index contributed by atoms with van der Waals surface area (Å²) in [5, 5.41) is 0.527. The van der Waals surface area contributed by atoms with Crippen LogP contribution in [0.2, 0.25) is 5.02 Å². The molecule has 0 saturated carbocycles. The summed E-state index contributed by atoms with van der Waals surface area (Å²) in [7, 11) is 0. The molecule has 0 aliphatic carbocycles. The number of aryl methyl sites for hydroxylation is 1. The summed E-state index contributed by atoms with van der Waals surface area (Å²) < 4.78 is 5.56. The van der Waals surface area contributed by atoms with Crippen LogP contribution in [0.15, 0.2) is 18.2 Å². The van der Waals surface area contributed by atoms with E-state index < -0.39 is 5.41 Å². The Kier molecular flexibility index (Phi) is 4.37. The van der Waals surface area contributed by atoms with Gasteiger partial charge in [0.2, 0.25) is 5.91 Å². The highest BCUT2D eigenvalue weighted by Gasteiger charge is 2.28. The number of ether oxygens (including phenoxy) is 1. The lowest BCUT2D eigenvalue weighted by Crippen LogP contribution is -2.44. The maximum atomic E-state index is 11.5. The van der Waals surface area contributed by atoms with Gasteiger partial charge in [0, 0.05) is 0 Å². The number of nitrogens with one attached hydrogen (secondary N) is 1. The van der Waals surface area contributed by atoms with Crippen LogP contribution in [0.5, 0.6) is 5.75 Å². The van der Waals surface area contributed by atoms with Gasteiger partial charge in [-0.1, -0.05) is 17.7 Å². The lowest BCUT2D eigenvalue weighted by atomic mass is 9.94. The summed E-state index contributed by atoms with van der Waals surface area (Å²) in [4.78, 5) is 11.5. The van der Waals surface area contributed by atoms with E-state index in [9.17, 15) is 4.79 Å². The maximum Gasteiger partial charge on any atom is 0.242 e. The van der Waals surface area contributed by atoms with E-state index in [1.165, 1.54) is 0 Å². The Morgan fingerprint density at radius 3 is 2.76 bits per heavy atom. The molecule has 1 rings (SSSR count). The number of nitrogens with two attached hydrogens (primary N) is 1. The first-order chi connectivity index (χ1) is 7.86. The van der Waals surface area contributed by atoms with Crippen LogP contribution < -0.4 is 16.0 Å². The number of hydrogen-bond donors (Lipinski definition) is 2. The van der Waals surface area contributed by atoms with Crippen molar-refractivity contribution in [3.63, 3.8) is 0 Å². The van der Waals surface area contributed by atoms with Crippen molar-refractivity contribution < 1.29 is 9.53 Å². The van der Waals surface area contributed by atoms with E-state index in [0.717, 1.165) is 5.56 Å². The van der Waals surface area contributed by atoms with Gasteiger partial charge in [0.05, 0.1) is 10.4 Å². The summed E-state index contributed by atoms with van der Waals surface area (Å²) in [5.74, 6) is 5.40. The molecule has 94 valence electrons. The molecule has 0 saturated heterocycles. The van der Waals surface area contributed by atoms with Crippen molar-refractivity contribution in [1.29, 1.82) is 0 Å². The van der Waals surface area contributed by atoms with Crippen molar-refractivity contribution in [2.45, 2.75) is 20.8 Å². The number of carbonyl (C=O) groups excluding carboxylic acids is 1. The smallest absolute Gasteiger partial charge is 0.242 e. The third-order valence-corrected chi connectivity index (χ3v) is 2.73. The Labute approximate surface area is 106 Å². The van der Waals surface area contributed by atoms with Gasteiger partial charge in [0.15, 0.2) is 0 Å². The lowest BCUT2D eigenvalue weighted by molar-refractivity contribution is -0.130. The van der Waals surface area contributed by atoms with Crippen molar-refractivity contribution in [2.24, 2.45) is 11.3 Å². The first-order valence-corrected chi connectivity index (χ1v) is 5.64. The summed E-state index contributed by atoms with van der Waals surface area (Å²) >= 11 is 5.99. The van der Waals surface area contributed by atoms with Crippen LogP contribution in [-0.2, 0) is 4.79 Å². The standard InChI is InChI=1S/C12H17ClN2O2/c1-8-4-5-9(13)10(6-8)17-7-12(2,3)11(16)15-14/h4-6H,7,14H2,1-3H3,(H,15,16). The number of benzene rings is 1. The Hall–Kier alpha value is -1.26. The highest BCUT2D eigenvalue weighted by Crippen LogP contribution is 2.27. The van der Waals surface area contributed by atoms with E-state index >= 15 is 0 Å². The van der Waals surface area contributed by atoms with Crippen LogP contribution in [0.3, 0.4) is 0 Å². The van der Waals surface area contributed by atoms with Crippen molar-refractivity contribution in [2.75, 3.05) is 6.61 Å². The van der Waals surface area contributed by atoms with E-state index in [2.05, 4.69) is 5.43 Å². The first-order valence-electron chi connectivity index (χ1n) is 5.27. The molecule has 0 fully saturated rings. The second-order valence-corrected chi connectivity index (χ2v) is 4.99. The monoisotopic (exact) mass is 256 g/mol. The fourth-order valence-electron chi connectivity index (χ4n) is 1.24.